The van der Waals surface area contributed by atoms with E-state index in [0.29, 0.717) is 12.8 Å². The lowest BCUT2D eigenvalue weighted by Crippen LogP contribution is -2.55. The minimum Gasteiger partial charge on any atom is -0.459 e. The fraction of sp³-hybridized carbons (Fsp3) is 0.640. The van der Waals surface area contributed by atoms with Gasteiger partial charge in [-0.2, -0.15) is 13.2 Å². The molecule has 0 aliphatic heterocycles. The monoisotopic (exact) mass is 438 g/mol. The molecule has 3 nitrogen and oxygen atoms in total. The van der Waals surface area contributed by atoms with E-state index in [9.17, 15) is 18.0 Å². The molecule has 31 heavy (non-hydrogen) atoms. The van der Waals surface area contributed by atoms with E-state index in [4.69, 9.17) is 9.47 Å². The Hall–Kier alpha value is -1.82. The lowest BCUT2D eigenvalue weighted by atomic mass is 9.54. The second-order valence-corrected chi connectivity index (χ2v) is 10.0. The molecule has 6 heteroatoms. The third kappa shape index (κ3) is 4.04. The van der Waals surface area contributed by atoms with Crippen molar-refractivity contribution in [2.75, 3.05) is 7.11 Å². The van der Waals surface area contributed by atoms with E-state index < -0.39 is 29.3 Å². The summed E-state index contributed by atoms with van der Waals surface area (Å²) in [5, 5.41) is 0. The van der Waals surface area contributed by atoms with Crippen LogP contribution < -0.4 is 0 Å². The summed E-state index contributed by atoms with van der Waals surface area (Å²) in [4.78, 5) is 13.3. The van der Waals surface area contributed by atoms with Crippen molar-refractivity contribution in [2.45, 2.75) is 77.7 Å². The van der Waals surface area contributed by atoms with Crippen molar-refractivity contribution < 1.29 is 27.4 Å². The second kappa shape index (κ2) is 8.27. The number of carbonyl (C=O) groups is 1. The molecular formula is C25H33F3O3. The van der Waals surface area contributed by atoms with Gasteiger partial charge in [0.25, 0.3) is 5.60 Å². The van der Waals surface area contributed by atoms with Crippen LogP contribution in [-0.4, -0.2) is 25.4 Å². The van der Waals surface area contributed by atoms with Gasteiger partial charge in [-0.05, 0) is 43.9 Å². The summed E-state index contributed by atoms with van der Waals surface area (Å²) in [5.41, 5.74) is -2.69. The standard InChI is InChI=1S/C25H33F3O3/c1-17-12-13-20(23(4)15-9-14-22(2,3)19(23)16-17)31-21(29)24(30-5,25(26,27)28)18-10-7-6-8-11-18/h6-8,10-11,16,19-20H,9,12-15H2,1-5H3/t19-,20-,23-,24-/m1/s1. The number of ether oxygens (including phenoxy) is 2. The highest BCUT2D eigenvalue weighted by Crippen LogP contribution is 2.57. The number of methoxy groups -OCH3 is 1. The van der Waals surface area contributed by atoms with Crippen LogP contribution in [0.25, 0.3) is 0 Å². The van der Waals surface area contributed by atoms with E-state index in [0.717, 1.165) is 26.4 Å². The maximum absolute atomic E-state index is 14.3. The fourth-order valence-electron chi connectivity index (χ4n) is 5.75. The molecule has 2 aliphatic carbocycles. The summed E-state index contributed by atoms with van der Waals surface area (Å²) in [7, 11) is 0.911. The van der Waals surface area contributed by atoms with Gasteiger partial charge in [-0.3, -0.25) is 0 Å². The molecule has 0 saturated heterocycles. The first-order valence-electron chi connectivity index (χ1n) is 10.9. The minimum atomic E-state index is -4.97. The highest BCUT2D eigenvalue weighted by atomic mass is 19.4. The Morgan fingerprint density at radius 3 is 2.32 bits per heavy atom. The van der Waals surface area contributed by atoms with E-state index in [2.05, 4.69) is 33.8 Å². The number of allylic oxidation sites excluding steroid dienone is 2. The van der Waals surface area contributed by atoms with Gasteiger partial charge >= 0.3 is 12.1 Å². The molecule has 1 saturated carbocycles. The van der Waals surface area contributed by atoms with Crippen LogP contribution in [0.5, 0.6) is 0 Å². The van der Waals surface area contributed by atoms with Crippen LogP contribution in [0.1, 0.15) is 65.4 Å². The van der Waals surface area contributed by atoms with Crippen molar-refractivity contribution in [2.24, 2.45) is 16.7 Å². The van der Waals surface area contributed by atoms with Crippen LogP contribution in [0.3, 0.4) is 0 Å². The molecule has 1 fully saturated rings. The zero-order valence-electron chi connectivity index (χ0n) is 19.0. The van der Waals surface area contributed by atoms with Crippen LogP contribution >= 0.6 is 0 Å². The molecule has 0 heterocycles. The van der Waals surface area contributed by atoms with Crippen LogP contribution in [0.2, 0.25) is 0 Å². The van der Waals surface area contributed by atoms with E-state index in [1.54, 1.807) is 6.07 Å². The van der Waals surface area contributed by atoms with Gasteiger partial charge in [0.15, 0.2) is 0 Å². The lowest BCUT2D eigenvalue weighted by molar-refractivity contribution is -0.281. The van der Waals surface area contributed by atoms with Crippen molar-refractivity contribution in [3.8, 4) is 0 Å². The molecule has 0 amide bonds. The van der Waals surface area contributed by atoms with Gasteiger partial charge in [0.05, 0.1) is 0 Å². The number of hydrogen-bond donors (Lipinski definition) is 0. The predicted octanol–water partition coefficient (Wildman–Crippen LogP) is 6.58. The topological polar surface area (TPSA) is 35.5 Å². The summed E-state index contributed by atoms with van der Waals surface area (Å²) >= 11 is 0. The highest BCUT2D eigenvalue weighted by Gasteiger charge is 2.65. The highest BCUT2D eigenvalue weighted by molar-refractivity contribution is 5.83. The van der Waals surface area contributed by atoms with Gasteiger partial charge in [-0.15, -0.1) is 0 Å². The quantitative estimate of drug-likeness (QED) is 0.394. The molecule has 172 valence electrons. The smallest absolute Gasteiger partial charge is 0.432 e. The molecule has 0 aromatic heterocycles. The third-order valence-corrected chi connectivity index (χ3v) is 7.50. The fourth-order valence-corrected chi connectivity index (χ4v) is 5.75. The van der Waals surface area contributed by atoms with E-state index >= 15 is 0 Å². The first-order valence-corrected chi connectivity index (χ1v) is 10.9. The third-order valence-electron chi connectivity index (χ3n) is 7.50. The van der Waals surface area contributed by atoms with Crippen molar-refractivity contribution in [1.82, 2.24) is 0 Å². The van der Waals surface area contributed by atoms with Crippen molar-refractivity contribution in [1.29, 1.82) is 0 Å². The number of esters is 1. The molecular weight excluding hydrogens is 405 g/mol. The van der Waals surface area contributed by atoms with Crippen LogP contribution in [0, 0.1) is 16.7 Å². The Balaban J connectivity index is 2.02. The maximum Gasteiger partial charge on any atom is 0.432 e. The average Bonchev–Trinajstić information content (AvgIpc) is 2.80. The van der Waals surface area contributed by atoms with Gasteiger partial charge in [0.2, 0.25) is 0 Å². The van der Waals surface area contributed by atoms with Crippen molar-refractivity contribution >= 4 is 5.97 Å². The number of alkyl halides is 3. The van der Waals surface area contributed by atoms with Gasteiger partial charge in [0, 0.05) is 18.1 Å². The Kier molecular flexibility index (Phi) is 6.36. The molecule has 0 N–H and O–H groups in total. The number of fused-ring (bicyclic) bond motifs is 1. The first kappa shape index (κ1) is 23.8. The Morgan fingerprint density at radius 2 is 1.74 bits per heavy atom. The summed E-state index contributed by atoms with van der Waals surface area (Å²) < 4.78 is 53.7. The zero-order valence-corrected chi connectivity index (χ0v) is 19.0. The number of rotatable bonds is 4. The van der Waals surface area contributed by atoms with E-state index in [-0.39, 0.29) is 16.9 Å². The Bertz CT molecular complexity index is 830. The molecule has 0 unspecified atom stereocenters. The second-order valence-electron chi connectivity index (χ2n) is 10.0. The molecule has 0 radical (unpaired) electrons. The number of hydrogen-bond acceptors (Lipinski definition) is 3. The number of carbonyl (C=O) groups excluding carboxylic acids is 1. The van der Waals surface area contributed by atoms with Gasteiger partial charge in [0.1, 0.15) is 6.10 Å². The predicted molar refractivity (Wildman–Crippen MR) is 113 cm³/mol. The van der Waals surface area contributed by atoms with Gasteiger partial charge < -0.3 is 9.47 Å². The van der Waals surface area contributed by atoms with Crippen LogP contribution in [0.4, 0.5) is 13.2 Å². The lowest BCUT2D eigenvalue weighted by Gasteiger charge is -2.52. The van der Waals surface area contributed by atoms with E-state index in [1.165, 1.54) is 29.8 Å². The summed E-state index contributed by atoms with van der Waals surface area (Å²) in [5.74, 6) is -1.27. The largest absolute Gasteiger partial charge is 0.459 e. The Labute approximate surface area is 183 Å². The SMILES string of the molecule is CO[C@@](C(=O)O[C@@H]1CCC(C)=C[C@@H]2C(C)(C)CCC[C@]21C)(c1ccccc1)C(F)(F)F. The maximum atomic E-state index is 14.3. The first-order chi connectivity index (χ1) is 14.4. The summed E-state index contributed by atoms with van der Waals surface area (Å²) in [6.07, 6.45) is 0.656. The number of halogens is 3. The normalized spacial score (nSPS) is 30.4. The molecule has 3 rings (SSSR count). The van der Waals surface area contributed by atoms with Crippen molar-refractivity contribution in [3.63, 3.8) is 0 Å². The summed E-state index contributed by atoms with van der Waals surface area (Å²) in [6, 6.07) is 7.03. The van der Waals surface area contributed by atoms with Crippen LogP contribution in [-0.2, 0) is 19.9 Å². The van der Waals surface area contributed by atoms with Crippen LogP contribution in [0.15, 0.2) is 42.0 Å². The minimum absolute atomic E-state index is 0.0228. The van der Waals surface area contributed by atoms with Crippen molar-refractivity contribution in [3.05, 3.63) is 47.5 Å². The zero-order chi connectivity index (χ0) is 23.1. The number of benzene rings is 1. The molecule has 2 aliphatic rings. The average molecular weight is 439 g/mol. The molecule has 0 bridgehead atoms. The summed E-state index contributed by atoms with van der Waals surface area (Å²) in [6.45, 7) is 8.51. The van der Waals surface area contributed by atoms with E-state index in [1.807, 2.05) is 0 Å². The van der Waals surface area contributed by atoms with Gasteiger partial charge in [-0.1, -0.05) is 69.2 Å². The molecule has 1 aromatic rings. The molecule has 4 atom stereocenters. The molecule has 1 aromatic carbocycles. The Morgan fingerprint density at radius 1 is 1.10 bits per heavy atom. The van der Waals surface area contributed by atoms with Gasteiger partial charge in [-0.25, -0.2) is 4.79 Å². The molecule has 0 spiro atoms.